The molecular weight excluding hydrogens is 254 g/mol. The zero-order valence-corrected chi connectivity index (χ0v) is 12.4. The first-order valence-corrected chi connectivity index (χ1v) is 6.25. The Hall–Kier alpha value is -0.810. The molecule has 0 aliphatic heterocycles. The van der Waals surface area contributed by atoms with Gasteiger partial charge in [0.15, 0.2) is 0 Å². The van der Waals surface area contributed by atoms with E-state index in [1.807, 2.05) is 0 Å². The Morgan fingerprint density at radius 3 is 2.28 bits per heavy atom. The van der Waals surface area contributed by atoms with Gasteiger partial charge in [0, 0.05) is 40.0 Å². The van der Waals surface area contributed by atoms with Crippen molar-refractivity contribution >= 4 is 24.2 Å². The molecule has 0 radical (unpaired) electrons. The molecule has 0 aliphatic carbocycles. The fourth-order valence-electron chi connectivity index (χ4n) is 1.30. The van der Waals surface area contributed by atoms with Crippen LogP contribution in [0.25, 0.3) is 0 Å². The van der Waals surface area contributed by atoms with E-state index in [1.54, 1.807) is 19.0 Å². The van der Waals surface area contributed by atoms with Crippen LogP contribution in [0.15, 0.2) is 0 Å². The number of rotatable bonds is 9. The molecule has 2 amide bonds. The van der Waals surface area contributed by atoms with Crippen LogP contribution in [0.5, 0.6) is 0 Å². The molecule has 0 heterocycles. The Kier molecular flexibility index (Phi) is 13.7. The van der Waals surface area contributed by atoms with Crippen molar-refractivity contribution in [1.29, 1.82) is 0 Å². The predicted octanol–water partition coefficient (Wildman–Crippen LogP) is 0.782. The van der Waals surface area contributed by atoms with Crippen molar-refractivity contribution in [2.45, 2.75) is 32.6 Å². The molecule has 0 aliphatic rings. The van der Waals surface area contributed by atoms with Crippen LogP contribution in [0.1, 0.15) is 32.6 Å². The van der Waals surface area contributed by atoms with Gasteiger partial charge in [-0.1, -0.05) is 6.92 Å². The lowest BCUT2D eigenvalue weighted by Gasteiger charge is -2.09. The third kappa shape index (κ3) is 11.7. The third-order valence-corrected chi connectivity index (χ3v) is 2.34. The largest absolute Gasteiger partial charge is 0.355 e. The fourth-order valence-corrected chi connectivity index (χ4v) is 1.30. The molecule has 0 aromatic carbocycles. The van der Waals surface area contributed by atoms with E-state index >= 15 is 0 Å². The van der Waals surface area contributed by atoms with Crippen LogP contribution in [0, 0.1) is 0 Å². The summed E-state index contributed by atoms with van der Waals surface area (Å²) in [6, 6.07) is 0. The van der Waals surface area contributed by atoms with Gasteiger partial charge in [0.1, 0.15) is 0 Å². The van der Waals surface area contributed by atoms with Gasteiger partial charge in [-0.3, -0.25) is 9.59 Å². The van der Waals surface area contributed by atoms with Crippen LogP contribution in [-0.4, -0.2) is 50.4 Å². The van der Waals surface area contributed by atoms with Crippen molar-refractivity contribution in [3.8, 4) is 0 Å². The molecule has 0 saturated carbocycles. The highest BCUT2D eigenvalue weighted by Gasteiger charge is 2.05. The third-order valence-electron chi connectivity index (χ3n) is 2.34. The number of amides is 2. The number of nitrogens with one attached hydrogen (secondary N) is 2. The van der Waals surface area contributed by atoms with Crippen LogP contribution < -0.4 is 10.6 Å². The number of carbonyl (C=O) groups excluding carboxylic acids is 2. The molecule has 0 aromatic heterocycles. The Bertz CT molecular complexity index is 235. The molecule has 108 valence electrons. The number of carbonyl (C=O) groups is 2. The maximum Gasteiger partial charge on any atom is 0.222 e. The smallest absolute Gasteiger partial charge is 0.222 e. The number of hydrogen-bond donors (Lipinski definition) is 2. The summed E-state index contributed by atoms with van der Waals surface area (Å²) in [6.45, 7) is 4.54. The van der Waals surface area contributed by atoms with Crippen LogP contribution >= 0.6 is 12.4 Å². The highest BCUT2D eigenvalue weighted by atomic mass is 35.5. The average Bonchev–Trinajstić information content (AvgIpc) is 2.28. The van der Waals surface area contributed by atoms with E-state index in [0.29, 0.717) is 25.8 Å². The Morgan fingerprint density at radius 1 is 1.06 bits per heavy atom. The lowest BCUT2D eigenvalue weighted by atomic mass is 10.2. The summed E-state index contributed by atoms with van der Waals surface area (Å²) >= 11 is 0. The van der Waals surface area contributed by atoms with Gasteiger partial charge in [-0.15, -0.1) is 12.4 Å². The first-order chi connectivity index (χ1) is 8.07. The predicted molar refractivity (Wildman–Crippen MR) is 76.0 cm³/mol. The second-order valence-corrected chi connectivity index (χ2v) is 4.24. The average molecular weight is 280 g/mol. The second-order valence-electron chi connectivity index (χ2n) is 4.24. The van der Waals surface area contributed by atoms with Crippen molar-refractivity contribution in [2.24, 2.45) is 0 Å². The molecule has 0 fully saturated rings. The second kappa shape index (κ2) is 12.6. The normalized spacial score (nSPS) is 9.50. The molecular formula is C12H26ClN3O2. The van der Waals surface area contributed by atoms with E-state index in [0.717, 1.165) is 19.5 Å². The first-order valence-electron chi connectivity index (χ1n) is 6.25. The molecule has 0 atom stereocenters. The summed E-state index contributed by atoms with van der Waals surface area (Å²) in [5.41, 5.74) is 0. The maximum absolute atomic E-state index is 11.4. The van der Waals surface area contributed by atoms with Gasteiger partial charge in [-0.2, -0.15) is 0 Å². The van der Waals surface area contributed by atoms with Gasteiger partial charge >= 0.3 is 0 Å². The van der Waals surface area contributed by atoms with Gasteiger partial charge in [0.05, 0.1) is 0 Å². The highest BCUT2D eigenvalue weighted by Crippen LogP contribution is 1.97. The van der Waals surface area contributed by atoms with E-state index in [9.17, 15) is 9.59 Å². The van der Waals surface area contributed by atoms with Gasteiger partial charge in [0.25, 0.3) is 0 Å². The Balaban J connectivity index is 0. The molecule has 6 heteroatoms. The van der Waals surface area contributed by atoms with E-state index in [4.69, 9.17) is 0 Å². The highest BCUT2D eigenvalue weighted by molar-refractivity contribution is 5.85. The quantitative estimate of drug-likeness (QED) is 0.613. The van der Waals surface area contributed by atoms with Gasteiger partial charge in [-0.05, 0) is 19.4 Å². The number of hydrogen-bond acceptors (Lipinski definition) is 3. The maximum atomic E-state index is 11.4. The lowest BCUT2D eigenvalue weighted by Crippen LogP contribution is -2.32. The van der Waals surface area contributed by atoms with Gasteiger partial charge in [-0.25, -0.2) is 0 Å². The summed E-state index contributed by atoms with van der Waals surface area (Å²) in [7, 11) is 3.45. The topological polar surface area (TPSA) is 61.4 Å². The van der Waals surface area contributed by atoms with Crippen molar-refractivity contribution in [2.75, 3.05) is 33.7 Å². The summed E-state index contributed by atoms with van der Waals surface area (Å²) < 4.78 is 0. The molecule has 0 saturated heterocycles. The Morgan fingerprint density at radius 2 is 1.72 bits per heavy atom. The molecule has 0 aromatic rings. The SMILES string of the molecule is CCCNCCNC(=O)CCCC(=O)N(C)C.Cl. The molecule has 0 spiro atoms. The van der Waals surface area contributed by atoms with E-state index < -0.39 is 0 Å². The van der Waals surface area contributed by atoms with E-state index in [1.165, 1.54) is 0 Å². The summed E-state index contributed by atoms with van der Waals surface area (Å²) in [6.07, 6.45) is 2.58. The van der Waals surface area contributed by atoms with Gasteiger partial charge < -0.3 is 15.5 Å². The minimum absolute atomic E-state index is 0. The van der Waals surface area contributed by atoms with Crippen molar-refractivity contribution in [1.82, 2.24) is 15.5 Å². The molecule has 0 rings (SSSR count). The molecule has 18 heavy (non-hydrogen) atoms. The summed E-state index contributed by atoms with van der Waals surface area (Å²) in [4.78, 5) is 24.2. The van der Waals surface area contributed by atoms with Gasteiger partial charge in [0.2, 0.25) is 11.8 Å². The number of nitrogens with zero attached hydrogens (tertiary/aromatic N) is 1. The molecule has 0 unspecified atom stereocenters. The molecule has 0 bridgehead atoms. The van der Waals surface area contributed by atoms with Crippen molar-refractivity contribution < 1.29 is 9.59 Å². The minimum Gasteiger partial charge on any atom is -0.355 e. The standard InChI is InChI=1S/C12H25N3O2.ClH/c1-4-8-13-9-10-14-11(16)6-5-7-12(17)15(2)3;/h13H,4-10H2,1-3H3,(H,14,16);1H. The number of halogens is 1. The first kappa shape index (κ1) is 19.5. The lowest BCUT2D eigenvalue weighted by molar-refractivity contribution is -0.128. The van der Waals surface area contributed by atoms with Crippen molar-refractivity contribution in [3.05, 3.63) is 0 Å². The summed E-state index contributed by atoms with van der Waals surface area (Å²) in [5, 5.41) is 6.02. The zero-order valence-electron chi connectivity index (χ0n) is 11.6. The minimum atomic E-state index is 0. The van der Waals surface area contributed by atoms with Crippen LogP contribution in [0.4, 0.5) is 0 Å². The van der Waals surface area contributed by atoms with E-state index in [-0.39, 0.29) is 24.2 Å². The Labute approximate surface area is 116 Å². The molecule has 5 nitrogen and oxygen atoms in total. The summed E-state index contributed by atoms with van der Waals surface area (Å²) in [5.74, 6) is 0.0947. The molecule has 2 N–H and O–H groups in total. The van der Waals surface area contributed by atoms with Crippen molar-refractivity contribution in [3.63, 3.8) is 0 Å². The van der Waals surface area contributed by atoms with E-state index in [2.05, 4.69) is 17.6 Å². The van der Waals surface area contributed by atoms with Crippen LogP contribution in [0.2, 0.25) is 0 Å². The van der Waals surface area contributed by atoms with Crippen LogP contribution in [-0.2, 0) is 9.59 Å². The zero-order chi connectivity index (χ0) is 13.1. The van der Waals surface area contributed by atoms with Crippen LogP contribution in [0.3, 0.4) is 0 Å². The fraction of sp³-hybridized carbons (Fsp3) is 0.833. The monoisotopic (exact) mass is 279 g/mol.